The summed E-state index contributed by atoms with van der Waals surface area (Å²) in [6, 6.07) is 31.8. The summed E-state index contributed by atoms with van der Waals surface area (Å²) in [7, 11) is 0. The van der Waals surface area contributed by atoms with Crippen LogP contribution in [0, 0.1) is 0 Å². The zero-order valence-corrected chi connectivity index (χ0v) is 17.9. The third-order valence-electron chi connectivity index (χ3n) is 6.10. The van der Waals surface area contributed by atoms with Crippen molar-refractivity contribution in [3.8, 4) is 16.9 Å². The second-order valence-electron chi connectivity index (χ2n) is 7.89. The molecule has 0 aliphatic rings. The van der Waals surface area contributed by atoms with Gasteiger partial charge in [-0.2, -0.15) is 0 Å². The van der Waals surface area contributed by atoms with Gasteiger partial charge in [0.2, 0.25) is 0 Å². The predicted octanol–water partition coefficient (Wildman–Crippen LogP) is 7.61. The Balaban J connectivity index is 1.73. The van der Waals surface area contributed by atoms with Crippen molar-refractivity contribution in [1.29, 1.82) is 0 Å². The molecule has 0 unspecified atom stereocenters. The van der Waals surface area contributed by atoms with E-state index in [0.717, 1.165) is 38.9 Å². The first-order valence-electron chi connectivity index (χ1n) is 10.6. The second-order valence-corrected chi connectivity index (χ2v) is 8.97. The Morgan fingerprint density at radius 2 is 1.44 bits per heavy atom. The van der Waals surface area contributed by atoms with Crippen molar-refractivity contribution < 1.29 is 0 Å². The van der Waals surface area contributed by atoms with Gasteiger partial charge in [-0.05, 0) is 29.8 Å². The minimum Gasteiger partial charge on any atom is -0.291 e. The maximum atomic E-state index is 4.94. The summed E-state index contributed by atoms with van der Waals surface area (Å²) in [5.74, 6) is 0.925. The molecule has 0 N–H and O–H groups in total. The van der Waals surface area contributed by atoms with E-state index in [0.29, 0.717) is 0 Å². The number of para-hydroxylation sites is 1. The summed E-state index contributed by atoms with van der Waals surface area (Å²) >= 11 is 1.79. The lowest BCUT2D eigenvalue weighted by atomic mass is 10.1. The average molecular weight is 428 g/mol. The van der Waals surface area contributed by atoms with Crippen molar-refractivity contribution in [3.63, 3.8) is 0 Å². The Labute approximate surface area is 188 Å². The molecule has 3 nitrogen and oxygen atoms in total. The Hall–Kier alpha value is -4.02. The summed E-state index contributed by atoms with van der Waals surface area (Å²) in [6.07, 6.45) is 3.90. The van der Waals surface area contributed by atoms with Crippen molar-refractivity contribution in [2.24, 2.45) is 0 Å². The molecule has 0 saturated heterocycles. The molecule has 0 amide bonds. The SMILES string of the molecule is c1ccc(-c2cccnc2-n2c3ccccc3c3ncc4sc5ccccc5c4c32)cc1. The van der Waals surface area contributed by atoms with Gasteiger partial charge in [0.1, 0.15) is 5.82 Å². The first-order valence-corrected chi connectivity index (χ1v) is 11.4. The maximum Gasteiger partial charge on any atom is 0.145 e. The van der Waals surface area contributed by atoms with Crippen LogP contribution in [0.4, 0.5) is 0 Å². The fourth-order valence-electron chi connectivity index (χ4n) is 4.74. The van der Waals surface area contributed by atoms with Crippen molar-refractivity contribution in [2.75, 3.05) is 0 Å². The van der Waals surface area contributed by atoms with Crippen LogP contribution in [-0.2, 0) is 0 Å². The van der Waals surface area contributed by atoms with E-state index in [1.807, 2.05) is 24.5 Å². The van der Waals surface area contributed by atoms with Crippen molar-refractivity contribution in [3.05, 3.63) is 103 Å². The lowest BCUT2D eigenvalue weighted by molar-refractivity contribution is 1.09. The average Bonchev–Trinajstić information content (AvgIpc) is 3.40. The summed E-state index contributed by atoms with van der Waals surface area (Å²) in [5, 5.41) is 3.65. The molecule has 0 spiro atoms. The third-order valence-corrected chi connectivity index (χ3v) is 7.21. The fraction of sp³-hybridized carbons (Fsp3) is 0. The zero-order chi connectivity index (χ0) is 21.1. The fourth-order valence-corrected chi connectivity index (χ4v) is 5.82. The predicted molar refractivity (Wildman–Crippen MR) is 135 cm³/mol. The Kier molecular flexibility index (Phi) is 3.72. The number of fused-ring (bicyclic) bond motifs is 7. The van der Waals surface area contributed by atoms with Crippen LogP contribution in [0.3, 0.4) is 0 Å². The van der Waals surface area contributed by atoms with Crippen molar-refractivity contribution in [1.82, 2.24) is 14.5 Å². The molecule has 150 valence electrons. The molecule has 0 saturated carbocycles. The van der Waals surface area contributed by atoms with Crippen LogP contribution in [0.25, 0.3) is 59.1 Å². The standard InChI is InChI=1S/C28H17N3S/c1-2-9-18(10-3-1)19-13-8-16-29-28(19)31-22-14-6-4-11-20(22)26-27(31)25-21-12-5-7-15-23(21)32-24(25)17-30-26/h1-17H. The first-order chi connectivity index (χ1) is 15.9. The molecule has 0 bridgehead atoms. The Morgan fingerprint density at radius 3 is 2.34 bits per heavy atom. The van der Waals surface area contributed by atoms with Crippen LogP contribution < -0.4 is 0 Å². The molecule has 32 heavy (non-hydrogen) atoms. The number of pyridine rings is 2. The number of benzene rings is 3. The summed E-state index contributed by atoms with van der Waals surface area (Å²) in [6.45, 7) is 0. The van der Waals surface area contributed by atoms with Gasteiger partial charge in [0.15, 0.2) is 0 Å². The van der Waals surface area contributed by atoms with Crippen LogP contribution in [-0.4, -0.2) is 14.5 Å². The summed E-state index contributed by atoms with van der Waals surface area (Å²) < 4.78 is 4.78. The number of rotatable bonds is 2. The number of aromatic nitrogens is 3. The van der Waals surface area contributed by atoms with Gasteiger partial charge in [-0.1, -0.05) is 66.7 Å². The van der Waals surface area contributed by atoms with Gasteiger partial charge >= 0.3 is 0 Å². The molecular formula is C28H17N3S. The molecule has 7 rings (SSSR count). The normalized spacial score (nSPS) is 11.8. The molecule has 0 aliphatic carbocycles. The van der Waals surface area contributed by atoms with E-state index in [2.05, 4.69) is 83.4 Å². The van der Waals surface area contributed by atoms with Gasteiger partial charge in [-0.25, -0.2) is 4.98 Å². The molecule has 4 heterocycles. The Bertz CT molecular complexity index is 1780. The number of thiophene rings is 1. The van der Waals surface area contributed by atoms with E-state index in [-0.39, 0.29) is 0 Å². The summed E-state index contributed by atoms with van der Waals surface area (Å²) in [5.41, 5.74) is 5.51. The van der Waals surface area contributed by atoms with Crippen LogP contribution in [0.1, 0.15) is 0 Å². The van der Waals surface area contributed by atoms with Crippen molar-refractivity contribution >= 4 is 53.4 Å². The highest BCUT2D eigenvalue weighted by molar-refractivity contribution is 7.26. The minimum atomic E-state index is 0.925. The van der Waals surface area contributed by atoms with E-state index in [9.17, 15) is 0 Å². The molecule has 4 heteroatoms. The van der Waals surface area contributed by atoms with Gasteiger partial charge in [0, 0.05) is 38.8 Å². The topological polar surface area (TPSA) is 30.7 Å². The number of nitrogens with zero attached hydrogens (tertiary/aromatic N) is 3. The van der Waals surface area contributed by atoms with E-state index >= 15 is 0 Å². The van der Waals surface area contributed by atoms with E-state index in [4.69, 9.17) is 9.97 Å². The lowest BCUT2D eigenvalue weighted by Gasteiger charge is -2.13. The molecule has 0 radical (unpaired) electrons. The zero-order valence-electron chi connectivity index (χ0n) is 17.1. The van der Waals surface area contributed by atoms with Crippen LogP contribution >= 0.6 is 11.3 Å². The van der Waals surface area contributed by atoms with Crippen LogP contribution in [0.15, 0.2) is 103 Å². The number of hydrogen-bond donors (Lipinski definition) is 0. The highest BCUT2D eigenvalue weighted by Gasteiger charge is 2.21. The smallest absolute Gasteiger partial charge is 0.145 e. The van der Waals surface area contributed by atoms with E-state index < -0.39 is 0 Å². The van der Waals surface area contributed by atoms with Gasteiger partial charge in [0.05, 0.1) is 21.3 Å². The van der Waals surface area contributed by atoms with Crippen LogP contribution in [0.5, 0.6) is 0 Å². The number of hydrogen-bond acceptors (Lipinski definition) is 3. The van der Waals surface area contributed by atoms with Crippen molar-refractivity contribution in [2.45, 2.75) is 0 Å². The van der Waals surface area contributed by atoms with Gasteiger partial charge in [-0.3, -0.25) is 9.55 Å². The lowest BCUT2D eigenvalue weighted by Crippen LogP contribution is -2.00. The maximum absolute atomic E-state index is 4.94. The first kappa shape index (κ1) is 17.6. The molecule has 3 aromatic carbocycles. The third kappa shape index (κ3) is 2.41. The quantitative estimate of drug-likeness (QED) is 0.284. The molecule has 4 aromatic heterocycles. The molecule has 0 aliphatic heterocycles. The molecular weight excluding hydrogens is 410 g/mol. The van der Waals surface area contributed by atoms with E-state index in [1.165, 1.54) is 20.2 Å². The van der Waals surface area contributed by atoms with Gasteiger partial charge in [-0.15, -0.1) is 11.3 Å². The molecule has 0 atom stereocenters. The second kappa shape index (κ2) is 6.74. The monoisotopic (exact) mass is 427 g/mol. The highest BCUT2D eigenvalue weighted by Crippen LogP contribution is 2.42. The Morgan fingerprint density at radius 1 is 0.656 bits per heavy atom. The van der Waals surface area contributed by atoms with Gasteiger partial charge in [0.25, 0.3) is 0 Å². The molecule has 0 fully saturated rings. The van der Waals surface area contributed by atoms with Gasteiger partial charge < -0.3 is 0 Å². The minimum absolute atomic E-state index is 0.925. The molecule has 7 aromatic rings. The summed E-state index contributed by atoms with van der Waals surface area (Å²) in [4.78, 5) is 9.85. The largest absolute Gasteiger partial charge is 0.291 e. The van der Waals surface area contributed by atoms with E-state index in [1.54, 1.807) is 11.3 Å². The highest BCUT2D eigenvalue weighted by atomic mass is 32.1. The van der Waals surface area contributed by atoms with Crippen LogP contribution in [0.2, 0.25) is 0 Å².